The lowest BCUT2D eigenvalue weighted by molar-refractivity contribution is -0.176. The van der Waals surface area contributed by atoms with Crippen LogP contribution in [0.25, 0.3) is 0 Å². The predicted octanol–water partition coefficient (Wildman–Crippen LogP) is 3.93. The first kappa shape index (κ1) is 10.6. The fraction of sp³-hybridized carbons (Fsp3) is 0.800. The molecule has 0 fully saturated rings. The lowest BCUT2D eigenvalue weighted by Gasteiger charge is -2.25. The summed E-state index contributed by atoms with van der Waals surface area (Å²) in [6, 6.07) is 0. The molecular weight excluding hydrogens is 177 g/mol. The minimum absolute atomic E-state index is 0.178. The van der Waals surface area contributed by atoms with Crippen molar-refractivity contribution in [1.29, 1.82) is 0 Å². The average Bonchev–Trinajstić information content (AvgIpc) is 2.03. The van der Waals surface area contributed by atoms with E-state index in [1.54, 1.807) is 6.08 Å². The number of halogens is 3. The van der Waals surface area contributed by atoms with Crippen LogP contribution in [0.5, 0.6) is 0 Å². The highest BCUT2D eigenvalue weighted by molar-refractivity contribution is 5.09. The average molecular weight is 192 g/mol. The monoisotopic (exact) mass is 192 g/mol. The molecule has 13 heavy (non-hydrogen) atoms. The van der Waals surface area contributed by atoms with Gasteiger partial charge in [-0.15, -0.1) is 0 Å². The third-order valence-electron chi connectivity index (χ3n) is 2.65. The van der Waals surface area contributed by atoms with Crippen LogP contribution in [0, 0.1) is 11.8 Å². The van der Waals surface area contributed by atoms with E-state index in [9.17, 15) is 13.2 Å². The number of hydrogen-bond donors (Lipinski definition) is 0. The first-order chi connectivity index (χ1) is 5.91. The van der Waals surface area contributed by atoms with Crippen molar-refractivity contribution in [2.75, 3.05) is 0 Å². The van der Waals surface area contributed by atoms with Crippen LogP contribution in [0.15, 0.2) is 11.6 Å². The molecule has 0 heterocycles. The second kappa shape index (κ2) is 3.72. The molecule has 0 aromatic carbocycles. The molecule has 0 N–H and O–H groups in total. The topological polar surface area (TPSA) is 0 Å². The van der Waals surface area contributed by atoms with E-state index in [1.165, 1.54) is 5.57 Å². The summed E-state index contributed by atoms with van der Waals surface area (Å²) in [6.07, 6.45) is -1.17. The summed E-state index contributed by atoms with van der Waals surface area (Å²) in [5, 5.41) is 0. The molecule has 0 radical (unpaired) electrons. The number of alkyl halides is 3. The Bertz CT molecular complexity index is 201. The molecule has 0 spiro atoms. The van der Waals surface area contributed by atoms with E-state index in [4.69, 9.17) is 0 Å². The molecule has 1 atom stereocenters. The number of allylic oxidation sites excluding steroid dienone is 2. The normalized spacial score (nSPS) is 24.8. The van der Waals surface area contributed by atoms with Gasteiger partial charge in [-0.25, -0.2) is 0 Å². The van der Waals surface area contributed by atoms with E-state index in [-0.39, 0.29) is 12.8 Å². The van der Waals surface area contributed by atoms with E-state index in [0.717, 1.165) is 0 Å². The molecule has 0 nitrogen and oxygen atoms in total. The second-order valence-corrected chi connectivity index (χ2v) is 3.95. The maximum absolute atomic E-state index is 12.2. The van der Waals surface area contributed by atoms with Gasteiger partial charge in [-0.2, -0.15) is 13.2 Å². The van der Waals surface area contributed by atoms with E-state index in [2.05, 4.69) is 0 Å². The van der Waals surface area contributed by atoms with Crippen LogP contribution in [0.4, 0.5) is 13.2 Å². The van der Waals surface area contributed by atoms with Gasteiger partial charge in [0, 0.05) is 0 Å². The maximum atomic E-state index is 12.2. The van der Waals surface area contributed by atoms with Gasteiger partial charge >= 0.3 is 6.18 Å². The van der Waals surface area contributed by atoms with Gasteiger partial charge in [0.2, 0.25) is 0 Å². The summed E-state index contributed by atoms with van der Waals surface area (Å²) in [5.74, 6) is -0.704. The Hall–Kier alpha value is -0.470. The maximum Gasteiger partial charge on any atom is 0.392 e. The Morgan fingerprint density at radius 3 is 2.31 bits per heavy atom. The van der Waals surface area contributed by atoms with Crippen LogP contribution < -0.4 is 0 Å². The molecule has 0 amide bonds. The largest absolute Gasteiger partial charge is 0.392 e. The Kier molecular flexibility index (Phi) is 3.04. The van der Waals surface area contributed by atoms with E-state index < -0.39 is 12.1 Å². The molecule has 1 rings (SSSR count). The summed E-state index contributed by atoms with van der Waals surface area (Å²) in [7, 11) is 0. The molecule has 0 aliphatic heterocycles. The lowest BCUT2D eigenvalue weighted by atomic mass is 9.85. The van der Waals surface area contributed by atoms with Gasteiger partial charge in [0.25, 0.3) is 0 Å². The van der Waals surface area contributed by atoms with Crippen LogP contribution in [0.3, 0.4) is 0 Å². The summed E-state index contributed by atoms with van der Waals surface area (Å²) in [6.45, 7) is 4.06. The first-order valence-electron chi connectivity index (χ1n) is 4.67. The molecular formula is C10H15F3. The summed E-state index contributed by atoms with van der Waals surface area (Å²) in [5.41, 5.74) is 1.18. The van der Waals surface area contributed by atoms with Crippen molar-refractivity contribution in [3.63, 3.8) is 0 Å². The summed E-state index contributed by atoms with van der Waals surface area (Å²) in [4.78, 5) is 0. The van der Waals surface area contributed by atoms with Crippen molar-refractivity contribution in [1.82, 2.24) is 0 Å². The molecule has 1 unspecified atom stereocenters. The van der Waals surface area contributed by atoms with Gasteiger partial charge in [0.05, 0.1) is 5.92 Å². The Balaban J connectivity index is 2.56. The van der Waals surface area contributed by atoms with Gasteiger partial charge in [-0.05, 0) is 25.2 Å². The number of hydrogen-bond acceptors (Lipinski definition) is 0. The summed E-state index contributed by atoms with van der Waals surface area (Å²) < 4.78 is 36.7. The molecule has 0 saturated heterocycles. The fourth-order valence-corrected chi connectivity index (χ4v) is 1.68. The van der Waals surface area contributed by atoms with E-state index in [0.29, 0.717) is 12.3 Å². The van der Waals surface area contributed by atoms with Gasteiger partial charge in [0.1, 0.15) is 0 Å². The molecule has 0 aromatic rings. The van der Waals surface area contributed by atoms with Crippen molar-refractivity contribution < 1.29 is 13.2 Å². The number of rotatable bonds is 1. The van der Waals surface area contributed by atoms with E-state index >= 15 is 0 Å². The zero-order chi connectivity index (χ0) is 10.1. The van der Waals surface area contributed by atoms with Crippen molar-refractivity contribution in [3.8, 4) is 0 Å². The lowest BCUT2D eigenvalue weighted by Crippen LogP contribution is -2.24. The van der Waals surface area contributed by atoms with Crippen LogP contribution >= 0.6 is 0 Å². The second-order valence-electron chi connectivity index (χ2n) is 3.95. The zero-order valence-electron chi connectivity index (χ0n) is 7.99. The highest BCUT2D eigenvalue weighted by Gasteiger charge is 2.39. The standard InChI is InChI=1S/C10H15F3/c1-7(2)8-3-5-9(6-4-8)10(11,12)13/h3,7,9H,4-6H2,1-2H3. The SMILES string of the molecule is CC(C)C1=CCC(C(F)(F)F)CC1. The minimum atomic E-state index is -4.00. The van der Waals surface area contributed by atoms with Crippen LogP contribution in [-0.2, 0) is 0 Å². The fourth-order valence-electron chi connectivity index (χ4n) is 1.68. The highest BCUT2D eigenvalue weighted by atomic mass is 19.4. The van der Waals surface area contributed by atoms with Gasteiger partial charge in [0.15, 0.2) is 0 Å². The zero-order valence-corrected chi connectivity index (χ0v) is 7.99. The highest BCUT2D eigenvalue weighted by Crippen LogP contribution is 2.38. The van der Waals surface area contributed by atoms with Crippen molar-refractivity contribution >= 4 is 0 Å². The Morgan fingerprint density at radius 2 is 2.00 bits per heavy atom. The smallest absolute Gasteiger partial charge is 0.171 e. The minimum Gasteiger partial charge on any atom is -0.171 e. The van der Waals surface area contributed by atoms with Gasteiger partial charge < -0.3 is 0 Å². The molecule has 0 saturated carbocycles. The quantitative estimate of drug-likeness (QED) is 0.552. The van der Waals surface area contributed by atoms with Crippen LogP contribution in [0.1, 0.15) is 33.1 Å². The molecule has 76 valence electrons. The predicted molar refractivity (Wildman–Crippen MR) is 46.3 cm³/mol. The Labute approximate surface area is 76.8 Å². The van der Waals surface area contributed by atoms with Gasteiger partial charge in [-0.3, -0.25) is 0 Å². The Morgan fingerprint density at radius 1 is 1.38 bits per heavy atom. The molecule has 0 bridgehead atoms. The molecule has 0 aromatic heterocycles. The molecule has 1 aliphatic rings. The van der Waals surface area contributed by atoms with Crippen LogP contribution in [0.2, 0.25) is 0 Å². The van der Waals surface area contributed by atoms with Crippen molar-refractivity contribution in [3.05, 3.63) is 11.6 Å². The van der Waals surface area contributed by atoms with Crippen molar-refractivity contribution in [2.45, 2.75) is 39.3 Å². The first-order valence-corrected chi connectivity index (χ1v) is 4.67. The third kappa shape index (κ3) is 2.75. The molecule has 3 heteroatoms. The summed E-state index contributed by atoms with van der Waals surface area (Å²) >= 11 is 0. The van der Waals surface area contributed by atoms with Gasteiger partial charge in [-0.1, -0.05) is 25.5 Å². The van der Waals surface area contributed by atoms with Crippen LogP contribution in [-0.4, -0.2) is 6.18 Å². The third-order valence-corrected chi connectivity index (χ3v) is 2.65. The van der Waals surface area contributed by atoms with Crippen molar-refractivity contribution in [2.24, 2.45) is 11.8 Å². The molecule has 1 aliphatic carbocycles. The van der Waals surface area contributed by atoms with E-state index in [1.807, 2.05) is 13.8 Å².